The zero-order valence-corrected chi connectivity index (χ0v) is 20.1. The number of anilines is 1. The maximum Gasteiger partial charge on any atom is 0.254 e. The first-order valence-corrected chi connectivity index (χ1v) is 11.9. The minimum absolute atomic E-state index is 0.0700. The van der Waals surface area contributed by atoms with Crippen LogP contribution >= 0.6 is 0 Å². The van der Waals surface area contributed by atoms with Crippen molar-refractivity contribution in [3.63, 3.8) is 0 Å². The van der Waals surface area contributed by atoms with E-state index in [9.17, 15) is 9.59 Å². The Balaban J connectivity index is 1.44. The highest BCUT2D eigenvalue weighted by atomic mass is 16.6. The van der Waals surface area contributed by atoms with E-state index in [-0.39, 0.29) is 11.8 Å². The number of hydrogen-bond donors (Lipinski definition) is 1. The summed E-state index contributed by atoms with van der Waals surface area (Å²) in [6.45, 7) is 1.46. The molecule has 0 fully saturated rings. The minimum atomic E-state index is -0.621. The number of rotatable bonds is 4. The number of amides is 2. The van der Waals surface area contributed by atoms with E-state index in [1.807, 2.05) is 35.2 Å². The zero-order chi connectivity index (χ0) is 24.8. The fraction of sp³-hybridized carbons (Fsp3) is 0.286. The van der Waals surface area contributed by atoms with Crippen LogP contribution in [0.5, 0.6) is 23.0 Å². The number of hydrogen-bond acceptors (Lipinski definition) is 6. The summed E-state index contributed by atoms with van der Waals surface area (Å²) >= 11 is 0. The van der Waals surface area contributed by atoms with E-state index >= 15 is 0 Å². The van der Waals surface area contributed by atoms with Gasteiger partial charge in [0.2, 0.25) is 5.91 Å². The molecule has 3 aromatic carbocycles. The predicted octanol–water partition coefficient (Wildman–Crippen LogP) is 3.95. The van der Waals surface area contributed by atoms with Gasteiger partial charge in [0, 0.05) is 23.9 Å². The normalized spacial score (nSPS) is 19.5. The van der Waals surface area contributed by atoms with Crippen LogP contribution in [0, 0.1) is 0 Å². The van der Waals surface area contributed by atoms with Crippen LogP contribution in [0.3, 0.4) is 0 Å². The number of fused-ring (bicyclic) bond motifs is 5. The van der Waals surface area contributed by atoms with Crippen molar-refractivity contribution in [3.8, 4) is 23.0 Å². The molecule has 8 heteroatoms. The van der Waals surface area contributed by atoms with Crippen molar-refractivity contribution in [2.24, 2.45) is 0 Å². The molecule has 3 aliphatic rings. The molecule has 1 N–H and O–H groups in total. The number of benzene rings is 3. The molecule has 2 amide bonds. The van der Waals surface area contributed by atoms with E-state index in [1.54, 1.807) is 38.5 Å². The summed E-state index contributed by atoms with van der Waals surface area (Å²) in [6, 6.07) is 16.1. The number of nitrogens with one attached hydrogen (secondary N) is 1. The molecule has 184 valence electrons. The third-order valence-corrected chi connectivity index (χ3v) is 7.12. The molecule has 3 aromatic rings. The van der Waals surface area contributed by atoms with Gasteiger partial charge in [-0.05, 0) is 53.4 Å². The fourth-order valence-corrected chi connectivity index (χ4v) is 5.48. The van der Waals surface area contributed by atoms with E-state index in [2.05, 4.69) is 5.32 Å². The van der Waals surface area contributed by atoms with Crippen molar-refractivity contribution in [3.05, 3.63) is 76.9 Å². The maximum absolute atomic E-state index is 14.0. The zero-order valence-electron chi connectivity index (χ0n) is 20.1. The van der Waals surface area contributed by atoms with Gasteiger partial charge in [0.1, 0.15) is 13.2 Å². The number of carbonyl (C=O) groups excluding carboxylic acids is 2. The highest BCUT2D eigenvalue weighted by molar-refractivity contribution is 6.04. The van der Waals surface area contributed by atoms with Crippen LogP contribution in [0.4, 0.5) is 5.69 Å². The molecule has 8 nitrogen and oxygen atoms in total. The predicted molar refractivity (Wildman–Crippen MR) is 132 cm³/mol. The summed E-state index contributed by atoms with van der Waals surface area (Å²) < 4.78 is 22.4. The molecule has 0 saturated carbocycles. The van der Waals surface area contributed by atoms with Crippen molar-refractivity contribution in [1.29, 1.82) is 0 Å². The topological polar surface area (TPSA) is 86.3 Å². The Kier molecular flexibility index (Phi) is 5.44. The maximum atomic E-state index is 14.0. The van der Waals surface area contributed by atoms with Gasteiger partial charge in [-0.1, -0.05) is 18.2 Å². The van der Waals surface area contributed by atoms with Gasteiger partial charge in [0.05, 0.1) is 26.2 Å². The molecule has 3 aliphatic heterocycles. The van der Waals surface area contributed by atoms with Gasteiger partial charge in [-0.3, -0.25) is 9.59 Å². The van der Waals surface area contributed by atoms with Gasteiger partial charge in [-0.2, -0.15) is 0 Å². The van der Waals surface area contributed by atoms with E-state index in [4.69, 9.17) is 18.9 Å². The Hall–Kier alpha value is -4.20. The molecule has 0 bridgehead atoms. The van der Waals surface area contributed by atoms with Crippen molar-refractivity contribution in [2.45, 2.75) is 18.4 Å². The number of ether oxygens (including phenoxy) is 4. The number of nitrogens with zero attached hydrogens (tertiary/aromatic N) is 1. The lowest BCUT2D eigenvalue weighted by atomic mass is 9.75. The van der Waals surface area contributed by atoms with Gasteiger partial charge in [-0.15, -0.1) is 0 Å². The number of carbonyl (C=O) groups is 2. The second-order valence-electron chi connectivity index (χ2n) is 9.01. The lowest BCUT2D eigenvalue weighted by Gasteiger charge is -2.45. The van der Waals surface area contributed by atoms with Crippen LogP contribution in [0.15, 0.2) is 54.6 Å². The van der Waals surface area contributed by atoms with Crippen molar-refractivity contribution in [2.75, 3.05) is 39.3 Å². The van der Waals surface area contributed by atoms with Gasteiger partial charge < -0.3 is 29.2 Å². The third-order valence-electron chi connectivity index (χ3n) is 7.12. The van der Waals surface area contributed by atoms with Crippen LogP contribution in [0.1, 0.15) is 39.0 Å². The lowest BCUT2D eigenvalue weighted by Crippen LogP contribution is -2.49. The molecule has 3 heterocycles. The summed E-state index contributed by atoms with van der Waals surface area (Å²) in [5.41, 5.74) is 3.80. The Morgan fingerprint density at radius 1 is 0.944 bits per heavy atom. The summed E-state index contributed by atoms with van der Waals surface area (Å²) in [6.07, 6.45) is 0.663. The quantitative estimate of drug-likeness (QED) is 0.601. The van der Waals surface area contributed by atoms with Crippen LogP contribution in [0.25, 0.3) is 0 Å². The molecule has 6 rings (SSSR count). The molecule has 2 atom stereocenters. The highest BCUT2D eigenvalue weighted by Gasteiger charge is 2.46. The smallest absolute Gasteiger partial charge is 0.254 e. The Morgan fingerprint density at radius 2 is 1.69 bits per heavy atom. The van der Waals surface area contributed by atoms with Gasteiger partial charge in [0.15, 0.2) is 23.0 Å². The molecule has 0 aromatic heterocycles. The summed E-state index contributed by atoms with van der Waals surface area (Å²) in [7, 11) is 3.18. The average molecular weight is 487 g/mol. The summed E-state index contributed by atoms with van der Waals surface area (Å²) in [5.74, 6) is 1.55. The minimum Gasteiger partial charge on any atom is -0.493 e. The van der Waals surface area contributed by atoms with Crippen molar-refractivity contribution >= 4 is 17.5 Å². The van der Waals surface area contributed by atoms with Gasteiger partial charge in [-0.25, -0.2) is 0 Å². The Bertz CT molecular complexity index is 1370. The van der Waals surface area contributed by atoms with E-state index in [0.29, 0.717) is 66.0 Å². The SMILES string of the molecule is COc1cc2c(cc1OC)[C@@H]1[C@H](C(=O)Nc3ccc4c(c3)OCCO4)c3ccccc3C(=O)N1CC2. The largest absolute Gasteiger partial charge is 0.493 e. The molecule has 0 saturated heterocycles. The first-order valence-electron chi connectivity index (χ1n) is 11.9. The fourth-order valence-electron chi connectivity index (χ4n) is 5.48. The van der Waals surface area contributed by atoms with Crippen LogP contribution in [0.2, 0.25) is 0 Å². The Labute approximate surface area is 208 Å². The molecular weight excluding hydrogens is 460 g/mol. The highest BCUT2D eigenvalue weighted by Crippen LogP contribution is 2.48. The van der Waals surface area contributed by atoms with Crippen LogP contribution in [-0.4, -0.2) is 50.7 Å². The standard InChI is InChI=1S/C28H26N2O6/c1-33-22-13-16-9-10-30-26(20(16)15-23(22)34-2)25(18-5-3-4-6-19(18)28(30)32)27(31)29-17-7-8-21-24(14-17)36-12-11-35-21/h3-8,13-15,25-26H,9-12H2,1-2H3,(H,29,31)/t25-,26-/m1/s1. The van der Waals surface area contributed by atoms with E-state index < -0.39 is 12.0 Å². The molecule has 0 aliphatic carbocycles. The molecule has 0 radical (unpaired) electrons. The molecule has 36 heavy (non-hydrogen) atoms. The molecule has 0 spiro atoms. The lowest BCUT2D eigenvalue weighted by molar-refractivity contribution is -0.119. The average Bonchev–Trinajstić information content (AvgIpc) is 2.92. The second kappa shape index (κ2) is 8.78. The van der Waals surface area contributed by atoms with Crippen LogP contribution in [-0.2, 0) is 11.2 Å². The summed E-state index contributed by atoms with van der Waals surface area (Å²) in [4.78, 5) is 29.3. The molecule has 0 unspecified atom stereocenters. The number of methoxy groups -OCH3 is 2. The van der Waals surface area contributed by atoms with Crippen LogP contribution < -0.4 is 24.3 Å². The first-order chi connectivity index (χ1) is 17.6. The van der Waals surface area contributed by atoms with E-state index in [0.717, 1.165) is 11.1 Å². The van der Waals surface area contributed by atoms with Gasteiger partial charge in [0.25, 0.3) is 5.91 Å². The third kappa shape index (κ3) is 3.52. The second-order valence-corrected chi connectivity index (χ2v) is 9.01. The summed E-state index contributed by atoms with van der Waals surface area (Å²) in [5, 5.41) is 3.06. The van der Waals surface area contributed by atoms with Crippen molar-refractivity contribution < 1.29 is 28.5 Å². The van der Waals surface area contributed by atoms with E-state index in [1.165, 1.54) is 0 Å². The van der Waals surface area contributed by atoms with Crippen molar-refractivity contribution in [1.82, 2.24) is 4.90 Å². The molecular formula is C28H26N2O6. The first kappa shape index (κ1) is 22.3. The van der Waals surface area contributed by atoms with Gasteiger partial charge >= 0.3 is 0 Å². The monoisotopic (exact) mass is 486 g/mol. The Morgan fingerprint density at radius 3 is 2.50 bits per heavy atom.